The minimum atomic E-state index is -0.0197. The van der Waals surface area contributed by atoms with Crippen LogP contribution in [0.2, 0.25) is 0 Å². The van der Waals surface area contributed by atoms with E-state index < -0.39 is 0 Å². The predicted molar refractivity (Wildman–Crippen MR) is 58.0 cm³/mol. The molecule has 0 amide bonds. The van der Waals surface area contributed by atoms with Crippen LogP contribution in [0.1, 0.15) is 12.8 Å². The fraction of sp³-hybridized carbons (Fsp3) is 0.667. The van der Waals surface area contributed by atoms with Gasteiger partial charge in [0.1, 0.15) is 12.3 Å². The molecule has 2 aliphatic rings. The lowest BCUT2D eigenvalue weighted by Gasteiger charge is -2.09. The molecular formula is C6H8N6S2. The van der Waals surface area contributed by atoms with E-state index in [9.17, 15) is 0 Å². The molecule has 2 unspecified atom stereocenters. The maximum Gasteiger partial charge on any atom is 0.215 e. The third-order valence-electron chi connectivity index (χ3n) is 1.87. The van der Waals surface area contributed by atoms with Crippen LogP contribution >= 0.6 is 24.4 Å². The van der Waals surface area contributed by atoms with Crippen molar-refractivity contribution < 1.29 is 0 Å². The maximum absolute atomic E-state index is 4.81. The lowest BCUT2D eigenvalue weighted by atomic mass is 10.2. The fourth-order valence-corrected chi connectivity index (χ4v) is 1.59. The van der Waals surface area contributed by atoms with E-state index in [0.717, 1.165) is 12.8 Å². The number of nitrogens with one attached hydrogen (secondary N) is 2. The Morgan fingerprint density at radius 1 is 0.929 bits per heavy atom. The Balaban J connectivity index is 1.73. The minimum absolute atomic E-state index is 0.0197. The Bertz CT molecular complexity index is 292. The molecular weight excluding hydrogens is 220 g/mol. The summed E-state index contributed by atoms with van der Waals surface area (Å²) in [5.41, 5.74) is 0. The quantitative estimate of drug-likeness (QED) is 0.709. The van der Waals surface area contributed by atoms with Gasteiger partial charge in [-0.05, 0) is 37.3 Å². The molecule has 0 saturated carbocycles. The number of azo groups is 2. The monoisotopic (exact) mass is 228 g/mol. The summed E-state index contributed by atoms with van der Waals surface area (Å²) in [6.45, 7) is 0. The summed E-state index contributed by atoms with van der Waals surface area (Å²) >= 11 is 9.63. The van der Waals surface area contributed by atoms with Gasteiger partial charge in [-0.1, -0.05) is 0 Å². The highest BCUT2D eigenvalue weighted by Crippen LogP contribution is 2.11. The normalized spacial score (nSPS) is 29.4. The SMILES string of the molecule is S=C1N=NC(CCC2N=NC(=S)N2)N1. The maximum atomic E-state index is 4.81. The molecule has 0 fully saturated rings. The Morgan fingerprint density at radius 3 is 1.64 bits per heavy atom. The van der Waals surface area contributed by atoms with Gasteiger partial charge >= 0.3 is 0 Å². The van der Waals surface area contributed by atoms with Gasteiger partial charge in [0.25, 0.3) is 0 Å². The van der Waals surface area contributed by atoms with Crippen molar-refractivity contribution in [1.82, 2.24) is 10.6 Å². The molecule has 2 N–H and O–H groups in total. The smallest absolute Gasteiger partial charge is 0.215 e. The summed E-state index contributed by atoms with van der Waals surface area (Å²) in [5.74, 6) is 0. The summed E-state index contributed by atoms with van der Waals surface area (Å²) in [4.78, 5) is 0. The van der Waals surface area contributed by atoms with E-state index in [4.69, 9.17) is 24.4 Å². The number of hydrogen-bond acceptors (Lipinski definition) is 4. The van der Waals surface area contributed by atoms with E-state index in [0.29, 0.717) is 10.2 Å². The van der Waals surface area contributed by atoms with Crippen molar-refractivity contribution in [2.24, 2.45) is 20.5 Å². The van der Waals surface area contributed by atoms with Crippen molar-refractivity contribution in [3.63, 3.8) is 0 Å². The van der Waals surface area contributed by atoms with Gasteiger partial charge in [-0.15, -0.1) is 10.2 Å². The van der Waals surface area contributed by atoms with Crippen LogP contribution in [0.4, 0.5) is 0 Å². The first kappa shape index (κ1) is 9.53. The zero-order valence-corrected chi connectivity index (χ0v) is 8.81. The second-order valence-corrected chi connectivity index (χ2v) is 3.71. The molecule has 0 aromatic heterocycles. The van der Waals surface area contributed by atoms with E-state index in [-0.39, 0.29) is 12.3 Å². The molecule has 0 bridgehead atoms. The average Bonchev–Trinajstić information content (AvgIpc) is 2.72. The first-order chi connectivity index (χ1) is 6.74. The highest BCUT2D eigenvalue weighted by molar-refractivity contribution is 7.80. The Hall–Kier alpha value is -1.02. The molecule has 0 radical (unpaired) electrons. The molecule has 2 aliphatic heterocycles. The molecule has 8 heteroatoms. The number of rotatable bonds is 3. The minimum Gasteiger partial charge on any atom is -0.336 e. The number of nitrogens with zero attached hydrogens (tertiary/aromatic N) is 4. The molecule has 2 heterocycles. The number of thiocarbonyl (C=S) groups is 2. The molecule has 2 rings (SSSR count). The average molecular weight is 228 g/mol. The van der Waals surface area contributed by atoms with Gasteiger partial charge in [-0.25, -0.2) is 0 Å². The summed E-state index contributed by atoms with van der Waals surface area (Å²) in [6.07, 6.45) is 1.58. The lowest BCUT2D eigenvalue weighted by Crippen LogP contribution is -2.30. The van der Waals surface area contributed by atoms with Crippen LogP contribution in [0.25, 0.3) is 0 Å². The molecule has 0 saturated heterocycles. The Labute approximate surface area is 91.3 Å². The van der Waals surface area contributed by atoms with Crippen LogP contribution in [0, 0.1) is 0 Å². The lowest BCUT2D eigenvalue weighted by molar-refractivity contribution is 0.499. The topological polar surface area (TPSA) is 73.5 Å². The van der Waals surface area contributed by atoms with Crippen molar-refractivity contribution in [3.05, 3.63) is 0 Å². The molecule has 74 valence electrons. The van der Waals surface area contributed by atoms with Crippen LogP contribution < -0.4 is 10.6 Å². The molecule has 2 atom stereocenters. The highest BCUT2D eigenvalue weighted by Gasteiger charge is 2.19. The van der Waals surface area contributed by atoms with E-state index >= 15 is 0 Å². The van der Waals surface area contributed by atoms with Gasteiger partial charge in [0.2, 0.25) is 10.2 Å². The first-order valence-electron chi connectivity index (χ1n) is 4.17. The second kappa shape index (κ2) is 4.01. The van der Waals surface area contributed by atoms with Gasteiger partial charge < -0.3 is 10.6 Å². The van der Waals surface area contributed by atoms with Crippen LogP contribution in [-0.4, -0.2) is 22.6 Å². The van der Waals surface area contributed by atoms with Crippen molar-refractivity contribution in [1.29, 1.82) is 0 Å². The van der Waals surface area contributed by atoms with Crippen molar-refractivity contribution in [2.45, 2.75) is 25.2 Å². The largest absolute Gasteiger partial charge is 0.336 e. The third-order valence-corrected chi connectivity index (χ3v) is 2.27. The molecule has 6 nitrogen and oxygen atoms in total. The number of hydrogen-bond donors (Lipinski definition) is 2. The summed E-state index contributed by atoms with van der Waals surface area (Å²) in [7, 11) is 0. The summed E-state index contributed by atoms with van der Waals surface area (Å²) in [6, 6.07) is 0. The Morgan fingerprint density at radius 2 is 1.36 bits per heavy atom. The van der Waals surface area contributed by atoms with Crippen molar-refractivity contribution >= 4 is 34.7 Å². The first-order valence-corrected chi connectivity index (χ1v) is 4.98. The van der Waals surface area contributed by atoms with Gasteiger partial charge in [-0.3, -0.25) is 0 Å². The van der Waals surface area contributed by atoms with E-state index in [1.54, 1.807) is 0 Å². The molecule has 0 aromatic carbocycles. The molecule has 0 aliphatic carbocycles. The van der Waals surface area contributed by atoms with Crippen LogP contribution in [0.3, 0.4) is 0 Å². The van der Waals surface area contributed by atoms with Gasteiger partial charge in [0, 0.05) is 0 Å². The summed E-state index contributed by atoms with van der Waals surface area (Å²) in [5, 5.41) is 22.1. The standard InChI is InChI=1S/C6H8N6S2/c13-5-7-3(9-11-5)1-2-4-8-6(14)12-10-4/h3-4H,1-2H2,(H,7,13)(H,8,14). The van der Waals surface area contributed by atoms with Crippen LogP contribution in [0.15, 0.2) is 20.5 Å². The fourth-order valence-electron chi connectivity index (χ4n) is 1.22. The third kappa shape index (κ3) is 2.26. The molecule has 0 spiro atoms. The van der Waals surface area contributed by atoms with Crippen molar-refractivity contribution in [2.75, 3.05) is 0 Å². The van der Waals surface area contributed by atoms with Gasteiger partial charge in [0.05, 0.1) is 0 Å². The second-order valence-electron chi connectivity index (χ2n) is 2.94. The van der Waals surface area contributed by atoms with Crippen LogP contribution in [0.5, 0.6) is 0 Å². The van der Waals surface area contributed by atoms with E-state index in [1.807, 2.05) is 0 Å². The Kier molecular flexibility index (Phi) is 2.73. The van der Waals surface area contributed by atoms with Crippen LogP contribution in [-0.2, 0) is 0 Å². The van der Waals surface area contributed by atoms with Gasteiger partial charge in [0.15, 0.2) is 0 Å². The van der Waals surface area contributed by atoms with Gasteiger partial charge in [-0.2, -0.15) is 10.2 Å². The van der Waals surface area contributed by atoms with E-state index in [1.165, 1.54) is 0 Å². The highest BCUT2D eigenvalue weighted by atomic mass is 32.1. The predicted octanol–water partition coefficient (Wildman–Crippen LogP) is 1.10. The van der Waals surface area contributed by atoms with Crippen molar-refractivity contribution in [3.8, 4) is 0 Å². The zero-order valence-electron chi connectivity index (χ0n) is 7.17. The molecule has 0 aromatic rings. The zero-order chi connectivity index (χ0) is 9.97. The summed E-state index contributed by atoms with van der Waals surface area (Å²) < 4.78 is 0. The molecule has 14 heavy (non-hydrogen) atoms. The van der Waals surface area contributed by atoms with E-state index in [2.05, 4.69) is 31.1 Å².